The monoisotopic (exact) mass is 332 g/mol. The number of hydrogen-bond donors (Lipinski definition) is 3. The molecule has 1 aliphatic carbocycles. The summed E-state index contributed by atoms with van der Waals surface area (Å²) in [5.41, 5.74) is 2.31. The first-order chi connectivity index (χ1) is 9.92. The van der Waals surface area contributed by atoms with Gasteiger partial charge < -0.3 is 5.43 Å². The number of halogens is 1. The molecule has 2 rings (SSSR count). The molecule has 21 heavy (non-hydrogen) atoms. The van der Waals surface area contributed by atoms with Crippen molar-refractivity contribution >= 4 is 27.4 Å². The van der Waals surface area contributed by atoms with Gasteiger partial charge in [0.2, 0.25) is 10.0 Å². The lowest BCUT2D eigenvalue weighted by Crippen LogP contribution is -2.34. The third-order valence-corrected chi connectivity index (χ3v) is 5.62. The maximum Gasteiger partial charge on any atom is 0.242 e. The zero-order chi connectivity index (χ0) is 15.5. The zero-order valence-electron chi connectivity index (χ0n) is 12.0. The Morgan fingerprint density at radius 3 is 2.76 bits per heavy atom. The van der Waals surface area contributed by atoms with Gasteiger partial charge in [0.1, 0.15) is 4.90 Å². The molecule has 8 heteroatoms. The minimum Gasteiger partial charge on any atom is -0.307 e. The largest absolute Gasteiger partial charge is 0.307 e. The first-order valence-electron chi connectivity index (χ1n) is 7.07. The molecular formula is C13H21ClN4O2S. The van der Waals surface area contributed by atoms with E-state index >= 15 is 0 Å². The van der Waals surface area contributed by atoms with Crippen LogP contribution in [0.15, 0.2) is 17.2 Å². The summed E-state index contributed by atoms with van der Waals surface area (Å²) in [5.74, 6) is 6.13. The Morgan fingerprint density at radius 1 is 1.33 bits per heavy atom. The molecule has 0 bridgehead atoms. The lowest BCUT2D eigenvalue weighted by Gasteiger charge is -2.16. The highest BCUT2D eigenvalue weighted by molar-refractivity contribution is 7.89. The van der Waals surface area contributed by atoms with Gasteiger partial charge in [0.25, 0.3) is 0 Å². The molecule has 1 heterocycles. The smallest absolute Gasteiger partial charge is 0.242 e. The van der Waals surface area contributed by atoms with Crippen LogP contribution in [-0.2, 0) is 10.0 Å². The van der Waals surface area contributed by atoms with Gasteiger partial charge in [0.15, 0.2) is 5.82 Å². The molecule has 2 atom stereocenters. The van der Waals surface area contributed by atoms with Crippen LogP contribution >= 0.6 is 11.6 Å². The summed E-state index contributed by atoms with van der Waals surface area (Å²) in [6, 6.07) is 1.33. The van der Waals surface area contributed by atoms with Crippen molar-refractivity contribution in [1.82, 2.24) is 9.71 Å². The van der Waals surface area contributed by atoms with Crippen molar-refractivity contribution in [3.05, 3.63) is 17.3 Å². The van der Waals surface area contributed by atoms with Crippen molar-refractivity contribution in [2.24, 2.45) is 11.8 Å². The van der Waals surface area contributed by atoms with Gasteiger partial charge in [-0.1, -0.05) is 31.4 Å². The van der Waals surface area contributed by atoms with Gasteiger partial charge in [-0.3, -0.25) is 0 Å². The summed E-state index contributed by atoms with van der Waals surface area (Å²) in [6.45, 7) is 2.21. The fraction of sp³-hybridized carbons (Fsp3) is 0.615. The number of rotatable bonds is 4. The number of anilines is 1. The maximum atomic E-state index is 12.4. The van der Waals surface area contributed by atoms with Crippen LogP contribution in [0.1, 0.15) is 39.0 Å². The van der Waals surface area contributed by atoms with Gasteiger partial charge in [-0.25, -0.2) is 24.0 Å². The fourth-order valence-electron chi connectivity index (χ4n) is 2.57. The van der Waals surface area contributed by atoms with Crippen LogP contribution in [0.5, 0.6) is 0 Å². The minimum absolute atomic E-state index is 0.0222. The van der Waals surface area contributed by atoms with Gasteiger partial charge in [-0.05, 0) is 31.2 Å². The summed E-state index contributed by atoms with van der Waals surface area (Å²) in [4.78, 5) is 3.96. The Kier molecular flexibility index (Phi) is 5.43. The van der Waals surface area contributed by atoms with E-state index in [1.807, 2.05) is 0 Å². The Balaban J connectivity index is 2.12. The molecule has 0 aromatic carbocycles. The average Bonchev–Trinajstić information content (AvgIpc) is 2.63. The van der Waals surface area contributed by atoms with Gasteiger partial charge in [-0.15, -0.1) is 0 Å². The molecule has 4 N–H and O–H groups in total. The molecule has 1 saturated carbocycles. The molecule has 1 aromatic heterocycles. The molecule has 1 fully saturated rings. The molecule has 6 nitrogen and oxygen atoms in total. The second kappa shape index (κ2) is 6.91. The highest BCUT2D eigenvalue weighted by Crippen LogP contribution is 2.25. The van der Waals surface area contributed by atoms with Gasteiger partial charge in [0.05, 0.1) is 5.02 Å². The van der Waals surface area contributed by atoms with E-state index in [1.165, 1.54) is 12.3 Å². The molecule has 2 unspecified atom stereocenters. The van der Waals surface area contributed by atoms with Gasteiger partial charge in [0, 0.05) is 12.2 Å². The van der Waals surface area contributed by atoms with Gasteiger partial charge in [-0.2, -0.15) is 0 Å². The average molecular weight is 333 g/mol. The maximum absolute atomic E-state index is 12.4. The number of hydrazine groups is 1. The lowest BCUT2D eigenvalue weighted by molar-refractivity contribution is 0.484. The minimum atomic E-state index is -3.61. The van der Waals surface area contributed by atoms with Crippen molar-refractivity contribution in [3.8, 4) is 0 Å². The molecule has 0 saturated heterocycles. The summed E-state index contributed by atoms with van der Waals surface area (Å²) < 4.78 is 27.5. The fourth-order valence-corrected chi connectivity index (χ4v) is 4.13. The first kappa shape index (κ1) is 16.5. The molecule has 118 valence electrons. The topological polar surface area (TPSA) is 97.1 Å². The van der Waals surface area contributed by atoms with Crippen molar-refractivity contribution in [1.29, 1.82) is 0 Å². The molecule has 1 aromatic rings. The highest BCUT2D eigenvalue weighted by atomic mass is 35.5. The Hall–Kier alpha value is -0.890. The molecular weight excluding hydrogens is 312 g/mol. The van der Waals surface area contributed by atoms with Crippen molar-refractivity contribution in [3.63, 3.8) is 0 Å². The first-order valence-corrected chi connectivity index (χ1v) is 8.93. The van der Waals surface area contributed by atoms with Crippen molar-refractivity contribution < 1.29 is 8.42 Å². The van der Waals surface area contributed by atoms with E-state index in [1.54, 1.807) is 0 Å². The number of pyridine rings is 1. The zero-order valence-corrected chi connectivity index (χ0v) is 13.5. The molecule has 0 aliphatic heterocycles. The normalized spacial score (nSPS) is 23.6. The number of nitrogen functional groups attached to an aromatic ring is 1. The second-order valence-electron chi connectivity index (χ2n) is 5.58. The highest BCUT2D eigenvalue weighted by Gasteiger charge is 2.23. The van der Waals surface area contributed by atoms with Crippen LogP contribution in [0, 0.1) is 5.92 Å². The Labute approximate surface area is 130 Å². The number of sulfonamides is 1. The van der Waals surface area contributed by atoms with E-state index in [4.69, 9.17) is 17.4 Å². The Morgan fingerprint density at radius 2 is 2.10 bits per heavy atom. The van der Waals surface area contributed by atoms with Crippen LogP contribution < -0.4 is 16.0 Å². The predicted octanol–water partition coefficient (Wildman–Crippen LogP) is 2.27. The third-order valence-electron chi connectivity index (χ3n) is 3.84. The predicted molar refractivity (Wildman–Crippen MR) is 83.4 cm³/mol. The van der Waals surface area contributed by atoms with Crippen LogP contribution in [0.25, 0.3) is 0 Å². The van der Waals surface area contributed by atoms with E-state index in [9.17, 15) is 8.42 Å². The second-order valence-corrected chi connectivity index (χ2v) is 7.70. The Bertz CT molecular complexity index is 594. The quantitative estimate of drug-likeness (QED) is 0.446. The lowest BCUT2D eigenvalue weighted by atomic mass is 10.0. The molecule has 1 aliphatic rings. The van der Waals surface area contributed by atoms with Crippen LogP contribution in [0.4, 0.5) is 5.82 Å². The van der Waals surface area contributed by atoms with Crippen molar-refractivity contribution in [2.45, 2.75) is 50.0 Å². The summed E-state index contributed by atoms with van der Waals surface area (Å²) in [6.07, 6.45) is 6.23. The number of nitrogens with zero attached hydrogens (tertiary/aromatic N) is 1. The standard InChI is InChI=1S/C13H21ClN4O2S/c1-9-3-2-4-10(6-5-9)18-21(19,20)11-7-12(14)13(17-15)16-8-11/h7-10,18H,2-6,15H2,1H3,(H,16,17). The summed E-state index contributed by atoms with van der Waals surface area (Å²) in [7, 11) is -3.61. The SMILES string of the molecule is CC1CCCC(NS(=O)(=O)c2cnc(NN)c(Cl)c2)CC1. The molecule has 0 radical (unpaired) electrons. The van der Waals surface area contributed by atoms with Crippen LogP contribution in [0.3, 0.4) is 0 Å². The molecule has 0 spiro atoms. The molecule has 0 amide bonds. The van der Waals surface area contributed by atoms with E-state index in [0.29, 0.717) is 5.92 Å². The van der Waals surface area contributed by atoms with Crippen LogP contribution in [0.2, 0.25) is 5.02 Å². The number of aromatic nitrogens is 1. The van der Waals surface area contributed by atoms with Crippen LogP contribution in [-0.4, -0.2) is 19.4 Å². The third kappa shape index (κ3) is 4.29. The number of nitrogens with two attached hydrogens (primary N) is 1. The van der Waals surface area contributed by atoms with Gasteiger partial charge >= 0.3 is 0 Å². The number of hydrogen-bond acceptors (Lipinski definition) is 5. The summed E-state index contributed by atoms with van der Waals surface area (Å²) >= 11 is 5.93. The van der Waals surface area contributed by atoms with Crippen molar-refractivity contribution in [2.75, 3.05) is 5.43 Å². The van der Waals surface area contributed by atoms with E-state index < -0.39 is 10.0 Å². The van der Waals surface area contributed by atoms with E-state index in [-0.39, 0.29) is 21.8 Å². The summed E-state index contributed by atoms with van der Waals surface area (Å²) in [5, 5.41) is 0.176. The van der Waals surface area contributed by atoms with E-state index in [0.717, 1.165) is 32.1 Å². The number of nitrogens with one attached hydrogen (secondary N) is 2. The van der Waals surface area contributed by atoms with E-state index in [2.05, 4.69) is 22.1 Å².